The number of carboxylic acids is 1. The quantitative estimate of drug-likeness (QED) is 0.0531. The number of amides is 3. The molecule has 2 rings (SSSR count). The second-order valence-corrected chi connectivity index (χ2v) is 9.31. The van der Waals surface area contributed by atoms with Crippen molar-refractivity contribution < 1.29 is 24.3 Å². The molecule has 2 aromatic rings. The maximum absolute atomic E-state index is 12.9. The third kappa shape index (κ3) is 11.4. The van der Waals surface area contributed by atoms with Crippen LogP contribution in [0.2, 0.25) is 0 Å². The van der Waals surface area contributed by atoms with Crippen LogP contribution in [0.1, 0.15) is 31.2 Å². The fourth-order valence-corrected chi connectivity index (χ4v) is 3.98. The zero-order chi connectivity index (χ0) is 30.4. The van der Waals surface area contributed by atoms with Gasteiger partial charge in [-0.05, 0) is 43.7 Å². The topological polar surface area (TPSA) is 295 Å². The molecule has 224 valence electrons. The van der Waals surface area contributed by atoms with E-state index in [9.17, 15) is 24.3 Å². The van der Waals surface area contributed by atoms with Crippen molar-refractivity contribution in [1.82, 2.24) is 20.9 Å². The first-order valence-electron chi connectivity index (χ1n) is 13.0. The fraction of sp³-hybridized carbons (Fsp3) is 0.440. The van der Waals surface area contributed by atoms with Gasteiger partial charge >= 0.3 is 5.97 Å². The van der Waals surface area contributed by atoms with Crippen LogP contribution in [-0.4, -0.2) is 83.5 Å². The summed E-state index contributed by atoms with van der Waals surface area (Å²) in [5.74, 6) is -3.46. The number of fused-ring (bicyclic) bond motifs is 1. The number of carboxylic acid groups (broad SMARTS) is 1. The number of nitrogens with zero attached hydrogens (tertiary/aromatic N) is 2. The van der Waals surface area contributed by atoms with Gasteiger partial charge in [0.25, 0.3) is 0 Å². The molecular weight excluding hydrogens is 534 g/mol. The number of carbonyl (C=O) groups excluding carboxylic acids is 3. The molecule has 3 atom stereocenters. The Morgan fingerprint density at radius 3 is 2.10 bits per heavy atom. The van der Waals surface area contributed by atoms with E-state index in [4.69, 9.17) is 28.7 Å². The van der Waals surface area contributed by atoms with Crippen molar-refractivity contribution in [2.75, 3.05) is 19.6 Å². The van der Waals surface area contributed by atoms with Gasteiger partial charge in [0.05, 0.1) is 12.6 Å². The zero-order valence-corrected chi connectivity index (χ0v) is 22.6. The van der Waals surface area contributed by atoms with E-state index in [0.29, 0.717) is 12.8 Å². The molecule has 3 unspecified atom stereocenters. The minimum absolute atomic E-state index is 0.0525. The Labute approximate surface area is 236 Å². The molecule has 0 radical (unpaired) electrons. The van der Waals surface area contributed by atoms with Gasteiger partial charge in [-0.3, -0.25) is 24.4 Å². The minimum Gasteiger partial charge on any atom is -0.480 e. The van der Waals surface area contributed by atoms with Crippen molar-refractivity contribution in [1.29, 1.82) is 0 Å². The van der Waals surface area contributed by atoms with Gasteiger partial charge in [-0.25, -0.2) is 4.79 Å². The summed E-state index contributed by atoms with van der Waals surface area (Å²) >= 11 is 0. The monoisotopic (exact) mass is 573 g/mol. The lowest BCUT2D eigenvalue weighted by molar-refractivity contribution is -0.142. The lowest BCUT2D eigenvalue weighted by atomic mass is 10.1. The molecule has 1 aromatic carbocycles. The van der Waals surface area contributed by atoms with Gasteiger partial charge < -0.3 is 54.7 Å². The van der Waals surface area contributed by atoms with Crippen LogP contribution in [0, 0.1) is 0 Å². The summed E-state index contributed by atoms with van der Waals surface area (Å²) in [6.45, 7) is -0.0793. The smallest absolute Gasteiger partial charge is 0.326 e. The number of aromatic nitrogens is 1. The van der Waals surface area contributed by atoms with Crippen molar-refractivity contribution in [2.45, 2.75) is 50.2 Å². The number of rotatable bonds is 17. The third-order valence-electron chi connectivity index (χ3n) is 6.03. The SMILES string of the molecule is NC(N)=NCCCC(NC(=O)C(CCCN=C(N)N)NC(=O)CNC(=O)C(N)Cc1c[nH]c2ccccc12)C(=O)O. The Balaban J connectivity index is 1.95. The number of guanidine groups is 2. The summed E-state index contributed by atoms with van der Waals surface area (Å²) in [5.41, 5.74) is 29.0. The molecule has 0 aliphatic heterocycles. The summed E-state index contributed by atoms with van der Waals surface area (Å²) in [6, 6.07) is 4.31. The second kappa shape index (κ2) is 16.3. The minimum atomic E-state index is -1.26. The molecule has 0 spiro atoms. The summed E-state index contributed by atoms with van der Waals surface area (Å²) in [5, 5.41) is 17.9. The van der Waals surface area contributed by atoms with Crippen molar-refractivity contribution in [2.24, 2.45) is 38.7 Å². The van der Waals surface area contributed by atoms with Gasteiger partial charge in [-0.2, -0.15) is 0 Å². The summed E-state index contributed by atoms with van der Waals surface area (Å²) in [7, 11) is 0. The van der Waals surface area contributed by atoms with Crippen molar-refractivity contribution >= 4 is 46.5 Å². The van der Waals surface area contributed by atoms with E-state index < -0.39 is 48.4 Å². The summed E-state index contributed by atoms with van der Waals surface area (Å²) < 4.78 is 0. The maximum Gasteiger partial charge on any atom is 0.326 e. The Bertz CT molecular complexity index is 1250. The predicted molar refractivity (Wildman–Crippen MR) is 154 cm³/mol. The third-order valence-corrected chi connectivity index (χ3v) is 6.03. The van der Waals surface area contributed by atoms with Gasteiger partial charge in [-0.1, -0.05) is 18.2 Å². The average molecular weight is 574 g/mol. The molecular formula is C25H39N11O5. The lowest BCUT2D eigenvalue weighted by Crippen LogP contribution is -2.53. The van der Waals surface area contributed by atoms with E-state index in [1.54, 1.807) is 6.20 Å². The highest BCUT2D eigenvalue weighted by atomic mass is 16.4. The second-order valence-electron chi connectivity index (χ2n) is 9.31. The number of nitrogens with two attached hydrogens (primary N) is 5. The van der Waals surface area contributed by atoms with Crippen LogP contribution in [0.5, 0.6) is 0 Å². The Morgan fingerprint density at radius 1 is 0.878 bits per heavy atom. The molecule has 15 N–H and O–H groups in total. The first-order chi connectivity index (χ1) is 19.5. The number of hydrogen-bond acceptors (Lipinski definition) is 7. The molecule has 16 heteroatoms. The Hall–Kier alpha value is -4.86. The number of hydrogen-bond donors (Lipinski definition) is 10. The molecule has 0 saturated heterocycles. The first-order valence-corrected chi connectivity index (χ1v) is 13.0. The van der Waals surface area contributed by atoms with Crippen LogP contribution >= 0.6 is 0 Å². The van der Waals surface area contributed by atoms with Crippen LogP contribution in [-0.2, 0) is 25.6 Å². The van der Waals surface area contributed by atoms with E-state index >= 15 is 0 Å². The van der Waals surface area contributed by atoms with Crippen LogP contribution in [0.3, 0.4) is 0 Å². The van der Waals surface area contributed by atoms with Crippen LogP contribution in [0.4, 0.5) is 0 Å². The fourth-order valence-electron chi connectivity index (χ4n) is 3.98. The van der Waals surface area contributed by atoms with E-state index in [2.05, 4.69) is 30.9 Å². The van der Waals surface area contributed by atoms with E-state index in [1.807, 2.05) is 24.3 Å². The highest BCUT2D eigenvalue weighted by Gasteiger charge is 2.26. The largest absolute Gasteiger partial charge is 0.480 e. The molecule has 1 heterocycles. The molecule has 0 saturated carbocycles. The zero-order valence-electron chi connectivity index (χ0n) is 22.6. The van der Waals surface area contributed by atoms with Crippen LogP contribution in [0.15, 0.2) is 40.4 Å². The lowest BCUT2D eigenvalue weighted by Gasteiger charge is -2.21. The molecule has 41 heavy (non-hydrogen) atoms. The van der Waals surface area contributed by atoms with Gasteiger partial charge in [0.15, 0.2) is 11.9 Å². The van der Waals surface area contributed by atoms with Gasteiger partial charge in [0, 0.05) is 30.2 Å². The highest BCUT2D eigenvalue weighted by molar-refractivity contribution is 5.93. The number of nitrogens with one attached hydrogen (secondary N) is 4. The normalized spacial score (nSPS) is 12.9. The number of aliphatic imine (C=N–C) groups is 2. The number of para-hydroxylation sites is 1. The number of aliphatic carboxylic acids is 1. The standard InChI is InChI=1S/C25H39N11O5/c26-16(11-14-12-33-17-6-2-1-5-15(14)17)21(38)34-13-20(37)35-18(7-3-9-31-24(27)28)22(39)36-19(23(40)41)8-4-10-32-25(29)30/h1-2,5-6,12,16,18-19,33H,3-4,7-11,13,26H2,(H,34,38)(H,35,37)(H,36,39)(H,40,41)(H4,27,28,31)(H4,29,30,32). The summed E-state index contributed by atoms with van der Waals surface area (Å²) in [4.78, 5) is 60.6. The van der Waals surface area contributed by atoms with E-state index in [1.165, 1.54) is 0 Å². The highest BCUT2D eigenvalue weighted by Crippen LogP contribution is 2.18. The molecule has 3 amide bonds. The van der Waals surface area contributed by atoms with Crippen molar-refractivity contribution in [3.63, 3.8) is 0 Å². The number of benzene rings is 1. The van der Waals surface area contributed by atoms with E-state index in [-0.39, 0.29) is 44.3 Å². The Morgan fingerprint density at radius 2 is 1.49 bits per heavy atom. The molecule has 0 aliphatic carbocycles. The maximum atomic E-state index is 12.9. The van der Waals surface area contributed by atoms with Crippen LogP contribution < -0.4 is 44.6 Å². The molecule has 0 aliphatic rings. The first kappa shape index (κ1) is 32.4. The number of carbonyl (C=O) groups is 4. The van der Waals surface area contributed by atoms with Crippen molar-refractivity contribution in [3.8, 4) is 0 Å². The number of H-pyrrole nitrogens is 1. The molecule has 16 nitrogen and oxygen atoms in total. The predicted octanol–water partition coefficient (Wildman–Crippen LogP) is -2.68. The van der Waals surface area contributed by atoms with Gasteiger partial charge in [-0.15, -0.1) is 0 Å². The van der Waals surface area contributed by atoms with E-state index in [0.717, 1.165) is 16.5 Å². The molecule has 0 bridgehead atoms. The van der Waals surface area contributed by atoms with Crippen molar-refractivity contribution in [3.05, 3.63) is 36.0 Å². The summed E-state index contributed by atoms with van der Waals surface area (Å²) in [6.07, 6.45) is 2.77. The van der Waals surface area contributed by atoms with Gasteiger partial charge in [0.1, 0.15) is 12.1 Å². The Kier molecular flexibility index (Phi) is 12.9. The average Bonchev–Trinajstić information content (AvgIpc) is 3.32. The molecule has 1 aromatic heterocycles. The number of aromatic amines is 1. The molecule has 0 fully saturated rings. The van der Waals surface area contributed by atoms with Crippen LogP contribution in [0.25, 0.3) is 10.9 Å². The van der Waals surface area contributed by atoms with Gasteiger partial charge in [0.2, 0.25) is 17.7 Å².